The van der Waals surface area contributed by atoms with Gasteiger partial charge in [-0.1, -0.05) is 0 Å². The Kier molecular flexibility index (Phi) is 3.99. The molecule has 0 unspecified atom stereocenters. The van der Waals surface area contributed by atoms with E-state index in [1.54, 1.807) is 7.11 Å². The molecule has 2 rings (SSSR count). The van der Waals surface area contributed by atoms with Gasteiger partial charge in [-0.3, -0.25) is 4.79 Å². The number of quaternary nitrogens is 1. The molecule has 2 aromatic rings. The molecular formula is C15H22N3O2+. The highest BCUT2D eigenvalue weighted by molar-refractivity contribution is 5.84. The maximum absolute atomic E-state index is 11.2. The maximum Gasteiger partial charge on any atom is 0.261 e. The molecule has 0 fully saturated rings. The van der Waals surface area contributed by atoms with E-state index in [9.17, 15) is 4.79 Å². The number of aromatic nitrogens is 1. The van der Waals surface area contributed by atoms with E-state index < -0.39 is 0 Å². The molecule has 5 nitrogen and oxygen atoms in total. The van der Waals surface area contributed by atoms with Gasteiger partial charge in [0.1, 0.15) is 12.3 Å². The molecule has 0 atom stereocenters. The van der Waals surface area contributed by atoms with Crippen LogP contribution in [0.5, 0.6) is 5.75 Å². The molecule has 1 heterocycles. The highest BCUT2D eigenvalue weighted by Crippen LogP contribution is 2.24. The number of methoxy groups -OCH3 is 1. The van der Waals surface area contributed by atoms with Crippen molar-refractivity contribution >= 4 is 16.8 Å². The number of benzene rings is 1. The highest BCUT2D eigenvalue weighted by atomic mass is 16.5. The summed E-state index contributed by atoms with van der Waals surface area (Å²) in [6, 6.07) is 6.00. The van der Waals surface area contributed by atoms with Crippen LogP contribution in [-0.2, 0) is 11.2 Å². The summed E-state index contributed by atoms with van der Waals surface area (Å²) in [5.74, 6) is 0.838. The monoisotopic (exact) mass is 276 g/mol. The lowest BCUT2D eigenvalue weighted by atomic mass is 10.1. The molecule has 2 N–H and O–H groups in total. The molecule has 0 aliphatic heterocycles. The molecule has 0 saturated heterocycles. The van der Waals surface area contributed by atoms with Crippen LogP contribution in [-0.4, -0.2) is 43.2 Å². The van der Waals surface area contributed by atoms with Gasteiger partial charge in [-0.05, 0) is 23.8 Å². The van der Waals surface area contributed by atoms with Crippen LogP contribution in [0.1, 0.15) is 12.5 Å². The lowest BCUT2D eigenvalue weighted by molar-refractivity contribution is -0.924. The summed E-state index contributed by atoms with van der Waals surface area (Å²) < 4.78 is 5.73. The Morgan fingerprint density at radius 1 is 1.40 bits per heavy atom. The molecular weight excluding hydrogens is 254 g/mol. The third-order valence-corrected chi connectivity index (χ3v) is 3.37. The van der Waals surface area contributed by atoms with Crippen LogP contribution in [0.4, 0.5) is 0 Å². The van der Waals surface area contributed by atoms with Gasteiger partial charge in [0, 0.05) is 30.4 Å². The van der Waals surface area contributed by atoms with Crippen molar-refractivity contribution in [1.82, 2.24) is 10.4 Å². The first-order valence-electron chi connectivity index (χ1n) is 6.67. The first-order valence-corrected chi connectivity index (χ1v) is 6.67. The Bertz CT molecular complexity index is 617. The number of nitrogens with zero attached hydrogens (tertiary/aromatic N) is 1. The lowest BCUT2D eigenvalue weighted by Crippen LogP contribution is -2.54. The molecule has 1 aromatic heterocycles. The number of nitrogens with one attached hydrogen (secondary N) is 2. The molecule has 1 aromatic carbocycles. The molecule has 1 amide bonds. The van der Waals surface area contributed by atoms with E-state index in [4.69, 9.17) is 4.74 Å². The van der Waals surface area contributed by atoms with Gasteiger partial charge in [0.2, 0.25) is 0 Å². The number of hydrogen-bond donors (Lipinski definition) is 2. The number of carbonyl (C=O) groups is 1. The Morgan fingerprint density at radius 2 is 2.15 bits per heavy atom. The van der Waals surface area contributed by atoms with Gasteiger partial charge in [-0.15, -0.1) is 0 Å². The summed E-state index contributed by atoms with van der Waals surface area (Å²) in [5.41, 5.74) is 5.25. The number of rotatable bonds is 5. The number of ether oxygens (including phenoxy) is 1. The zero-order valence-electron chi connectivity index (χ0n) is 12.5. The fourth-order valence-electron chi connectivity index (χ4n) is 2.37. The fraction of sp³-hybridized carbons (Fsp3) is 0.400. The molecule has 20 heavy (non-hydrogen) atoms. The van der Waals surface area contributed by atoms with E-state index in [2.05, 4.69) is 10.4 Å². The lowest BCUT2D eigenvalue weighted by Gasteiger charge is -2.28. The summed E-state index contributed by atoms with van der Waals surface area (Å²) in [4.78, 5) is 14.4. The van der Waals surface area contributed by atoms with Crippen molar-refractivity contribution in [3.8, 4) is 5.75 Å². The SMILES string of the molecule is COc1ccc2[nH]cc(CC[N+](C)(C)NC(C)=O)c2c1. The number of likely N-dealkylation sites (N-methyl/N-ethyl adjacent to an activating group) is 1. The van der Waals surface area contributed by atoms with Crippen molar-refractivity contribution in [2.45, 2.75) is 13.3 Å². The average Bonchev–Trinajstić information content (AvgIpc) is 2.77. The second-order valence-corrected chi connectivity index (χ2v) is 5.55. The zero-order chi connectivity index (χ0) is 14.8. The van der Waals surface area contributed by atoms with Crippen LogP contribution in [0.15, 0.2) is 24.4 Å². The molecule has 0 aliphatic carbocycles. The van der Waals surface area contributed by atoms with Gasteiger partial charge in [0.05, 0.1) is 21.2 Å². The minimum absolute atomic E-state index is 0.0180. The smallest absolute Gasteiger partial charge is 0.261 e. The van der Waals surface area contributed by atoms with Crippen molar-refractivity contribution in [3.63, 3.8) is 0 Å². The van der Waals surface area contributed by atoms with Crippen molar-refractivity contribution in [2.24, 2.45) is 0 Å². The Hall–Kier alpha value is -2.01. The largest absolute Gasteiger partial charge is 0.497 e. The standard InChI is InChI=1S/C15H21N3O2/c1-11(19)17-18(2,3)8-7-12-10-16-15-6-5-13(20-4)9-14(12)15/h5-6,9-10,16H,7-8H2,1-4H3/p+1. The van der Waals surface area contributed by atoms with Crippen LogP contribution in [0.3, 0.4) is 0 Å². The first-order chi connectivity index (χ1) is 9.41. The van der Waals surface area contributed by atoms with Crippen molar-refractivity contribution < 1.29 is 14.1 Å². The summed E-state index contributed by atoms with van der Waals surface area (Å²) in [5, 5.41) is 1.17. The average molecular weight is 276 g/mol. The third-order valence-electron chi connectivity index (χ3n) is 3.37. The van der Waals surface area contributed by atoms with Gasteiger partial charge >= 0.3 is 0 Å². The summed E-state index contributed by atoms with van der Waals surface area (Å²) in [6.45, 7) is 2.36. The Labute approximate surface area is 119 Å². The van der Waals surface area contributed by atoms with E-state index >= 15 is 0 Å². The molecule has 5 heteroatoms. The van der Waals surface area contributed by atoms with Gasteiger partial charge in [-0.25, -0.2) is 10.0 Å². The second kappa shape index (κ2) is 5.54. The summed E-state index contributed by atoms with van der Waals surface area (Å²) in [7, 11) is 5.64. The quantitative estimate of drug-likeness (QED) is 0.647. The molecule has 0 radical (unpaired) electrons. The Morgan fingerprint density at radius 3 is 2.80 bits per heavy atom. The van der Waals surface area contributed by atoms with Crippen LogP contribution in [0, 0.1) is 0 Å². The number of H-pyrrole nitrogens is 1. The van der Waals surface area contributed by atoms with E-state index in [0.717, 1.165) is 24.2 Å². The summed E-state index contributed by atoms with van der Waals surface area (Å²) in [6.07, 6.45) is 2.90. The molecule has 108 valence electrons. The van der Waals surface area contributed by atoms with Crippen LogP contribution < -0.4 is 10.2 Å². The van der Waals surface area contributed by atoms with Crippen molar-refractivity contribution in [3.05, 3.63) is 30.0 Å². The minimum atomic E-state index is -0.0180. The molecule has 0 bridgehead atoms. The minimum Gasteiger partial charge on any atom is -0.497 e. The molecule has 0 spiro atoms. The number of aromatic amines is 1. The van der Waals surface area contributed by atoms with E-state index in [1.807, 2.05) is 38.5 Å². The van der Waals surface area contributed by atoms with Crippen LogP contribution in [0.2, 0.25) is 0 Å². The third kappa shape index (κ3) is 3.30. The second-order valence-electron chi connectivity index (χ2n) is 5.55. The van der Waals surface area contributed by atoms with Crippen LogP contribution in [0.25, 0.3) is 10.9 Å². The predicted molar refractivity (Wildman–Crippen MR) is 79.3 cm³/mol. The van der Waals surface area contributed by atoms with Crippen molar-refractivity contribution in [2.75, 3.05) is 27.7 Å². The fourth-order valence-corrected chi connectivity index (χ4v) is 2.37. The number of carbonyl (C=O) groups excluding carboxylic acids is 1. The van der Waals surface area contributed by atoms with E-state index in [1.165, 1.54) is 17.9 Å². The normalized spacial score (nSPS) is 11.6. The number of amides is 1. The van der Waals surface area contributed by atoms with E-state index in [0.29, 0.717) is 4.59 Å². The van der Waals surface area contributed by atoms with Gasteiger partial charge < -0.3 is 9.72 Å². The molecule has 0 saturated carbocycles. The maximum atomic E-state index is 11.2. The zero-order valence-corrected chi connectivity index (χ0v) is 12.5. The number of fused-ring (bicyclic) bond motifs is 1. The summed E-state index contributed by atoms with van der Waals surface area (Å²) >= 11 is 0. The Balaban J connectivity index is 2.15. The van der Waals surface area contributed by atoms with Gasteiger partial charge in [0.25, 0.3) is 5.91 Å². The van der Waals surface area contributed by atoms with E-state index in [-0.39, 0.29) is 5.91 Å². The van der Waals surface area contributed by atoms with Gasteiger partial charge in [-0.2, -0.15) is 0 Å². The topological polar surface area (TPSA) is 54.1 Å². The van der Waals surface area contributed by atoms with Crippen molar-refractivity contribution in [1.29, 1.82) is 0 Å². The predicted octanol–water partition coefficient (Wildman–Crippen LogP) is 1.85. The highest BCUT2D eigenvalue weighted by Gasteiger charge is 2.17. The van der Waals surface area contributed by atoms with Crippen LogP contribution >= 0.6 is 0 Å². The first kappa shape index (κ1) is 14.4. The molecule has 0 aliphatic rings. The number of hydrogen-bond acceptors (Lipinski definition) is 2. The van der Waals surface area contributed by atoms with Gasteiger partial charge in [0.15, 0.2) is 0 Å².